The third kappa shape index (κ3) is 3.90. The number of anilines is 1. The number of aryl methyl sites for hydroxylation is 1. The fraction of sp³-hybridized carbons (Fsp3) is 0.250. The van der Waals surface area contributed by atoms with E-state index in [9.17, 15) is 13.2 Å². The highest BCUT2D eigenvalue weighted by Crippen LogP contribution is 2.18. The van der Waals surface area contributed by atoms with E-state index in [0.29, 0.717) is 11.4 Å². The molecule has 0 saturated carbocycles. The number of nitrogens with one attached hydrogen (secondary N) is 1. The topological polar surface area (TPSA) is 105 Å². The zero-order valence-corrected chi connectivity index (χ0v) is 14.6. The van der Waals surface area contributed by atoms with E-state index >= 15 is 0 Å². The van der Waals surface area contributed by atoms with Crippen LogP contribution in [0.25, 0.3) is 0 Å². The van der Waals surface area contributed by atoms with Crippen molar-refractivity contribution in [3.8, 4) is 0 Å². The van der Waals surface area contributed by atoms with Crippen molar-refractivity contribution in [2.45, 2.75) is 18.4 Å². The van der Waals surface area contributed by atoms with Crippen molar-refractivity contribution < 1.29 is 13.2 Å². The molecule has 0 aliphatic carbocycles. The maximum Gasteiger partial charge on any atom is 0.249 e. The molecule has 1 aromatic carbocycles. The van der Waals surface area contributed by atoms with Gasteiger partial charge in [0, 0.05) is 38.0 Å². The molecule has 0 aliphatic heterocycles. The molecule has 24 heavy (non-hydrogen) atoms. The molecule has 8 heteroatoms. The van der Waals surface area contributed by atoms with Crippen molar-refractivity contribution in [3.05, 3.63) is 53.2 Å². The van der Waals surface area contributed by atoms with Gasteiger partial charge in [0.05, 0.1) is 4.90 Å². The molecule has 1 aromatic heterocycles. The van der Waals surface area contributed by atoms with Gasteiger partial charge in [0.25, 0.3) is 0 Å². The van der Waals surface area contributed by atoms with Crippen LogP contribution in [-0.4, -0.2) is 33.4 Å². The molecule has 0 atom stereocenters. The monoisotopic (exact) mass is 348 g/mol. The van der Waals surface area contributed by atoms with Gasteiger partial charge in [-0.15, -0.1) is 0 Å². The number of aromatic nitrogens is 1. The zero-order valence-electron chi connectivity index (χ0n) is 13.8. The molecule has 0 unspecified atom stereocenters. The number of primary amides is 1. The highest BCUT2D eigenvalue weighted by molar-refractivity contribution is 7.89. The normalized spacial score (nSPS) is 11.3. The molecule has 7 nitrogen and oxygen atoms in total. The minimum atomic E-state index is -3.78. The molecule has 0 radical (unpaired) electrons. The Bertz CT molecular complexity index is 863. The Morgan fingerprint density at radius 1 is 1.29 bits per heavy atom. The fourth-order valence-electron chi connectivity index (χ4n) is 2.26. The maximum absolute atomic E-state index is 12.5. The molecule has 2 rings (SSSR count). The van der Waals surface area contributed by atoms with Crippen LogP contribution in [0.5, 0.6) is 0 Å². The van der Waals surface area contributed by atoms with E-state index < -0.39 is 15.9 Å². The SMILES string of the molecule is Cc1ccc(S(=O)(=O)NCc2cccnc2N(C)C)cc1C(N)=O. The van der Waals surface area contributed by atoms with Crippen LogP contribution in [-0.2, 0) is 16.6 Å². The number of nitrogens with zero attached hydrogens (tertiary/aromatic N) is 2. The molecule has 128 valence electrons. The van der Waals surface area contributed by atoms with E-state index in [0.717, 1.165) is 5.56 Å². The summed E-state index contributed by atoms with van der Waals surface area (Å²) < 4.78 is 27.5. The zero-order chi connectivity index (χ0) is 17.9. The second-order valence-electron chi connectivity index (χ2n) is 5.55. The number of rotatable bonds is 6. The lowest BCUT2D eigenvalue weighted by molar-refractivity contribution is 0.0999. The van der Waals surface area contributed by atoms with E-state index in [1.807, 2.05) is 14.1 Å². The van der Waals surface area contributed by atoms with Crippen LogP contribution >= 0.6 is 0 Å². The average molecular weight is 348 g/mol. The predicted molar refractivity (Wildman–Crippen MR) is 92.3 cm³/mol. The first-order chi connectivity index (χ1) is 11.2. The Hall–Kier alpha value is -2.45. The van der Waals surface area contributed by atoms with Crippen LogP contribution in [0.3, 0.4) is 0 Å². The fourth-order valence-corrected chi connectivity index (χ4v) is 3.29. The Morgan fingerprint density at radius 3 is 2.62 bits per heavy atom. The Kier molecular flexibility index (Phi) is 5.20. The van der Waals surface area contributed by atoms with Crippen LogP contribution in [0.1, 0.15) is 21.5 Å². The Labute approximate surface area is 141 Å². The van der Waals surface area contributed by atoms with E-state index in [1.54, 1.807) is 36.2 Å². The maximum atomic E-state index is 12.5. The largest absolute Gasteiger partial charge is 0.366 e. The van der Waals surface area contributed by atoms with Crippen molar-refractivity contribution in [1.82, 2.24) is 9.71 Å². The smallest absolute Gasteiger partial charge is 0.249 e. The van der Waals surface area contributed by atoms with Crippen molar-refractivity contribution in [2.75, 3.05) is 19.0 Å². The number of amides is 1. The number of pyridine rings is 1. The minimum absolute atomic E-state index is 0.00260. The molecule has 0 bridgehead atoms. The van der Waals surface area contributed by atoms with E-state index in [4.69, 9.17) is 5.73 Å². The quantitative estimate of drug-likeness (QED) is 0.811. The van der Waals surface area contributed by atoms with Crippen molar-refractivity contribution in [2.24, 2.45) is 5.73 Å². The molecule has 0 fully saturated rings. The number of nitrogens with two attached hydrogens (primary N) is 1. The van der Waals surface area contributed by atoms with Gasteiger partial charge in [-0.1, -0.05) is 12.1 Å². The lowest BCUT2D eigenvalue weighted by Crippen LogP contribution is -2.25. The molecule has 0 aliphatic rings. The summed E-state index contributed by atoms with van der Waals surface area (Å²) in [6.45, 7) is 1.78. The second-order valence-corrected chi connectivity index (χ2v) is 7.31. The molecular formula is C16H20N4O3S. The van der Waals surface area contributed by atoms with E-state index in [1.165, 1.54) is 12.1 Å². The van der Waals surface area contributed by atoms with E-state index in [-0.39, 0.29) is 17.0 Å². The standard InChI is InChI=1S/C16H20N4O3S/c1-11-6-7-13(9-14(11)15(17)21)24(22,23)19-10-12-5-4-8-18-16(12)20(2)3/h4-9,19H,10H2,1-3H3,(H2,17,21). The summed E-state index contributed by atoms with van der Waals surface area (Å²) in [7, 11) is -0.112. The van der Waals surface area contributed by atoms with Crippen molar-refractivity contribution in [1.29, 1.82) is 0 Å². The molecule has 1 heterocycles. The number of carbonyl (C=O) groups is 1. The summed E-state index contributed by atoms with van der Waals surface area (Å²) in [5, 5.41) is 0. The van der Waals surface area contributed by atoms with Gasteiger partial charge in [0.15, 0.2) is 0 Å². The van der Waals surface area contributed by atoms with E-state index in [2.05, 4.69) is 9.71 Å². The predicted octanol–water partition coefficient (Wildman–Crippen LogP) is 1.03. The van der Waals surface area contributed by atoms with Gasteiger partial charge in [0.1, 0.15) is 5.82 Å². The third-order valence-electron chi connectivity index (χ3n) is 3.53. The molecule has 3 N–H and O–H groups in total. The lowest BCUT2D eigenvalue weighted by Gasteiger charge is -2.16. The number of hydrogen-bond donors (Lipinski definition) is 2. The van der Waals surface area contributed by atoms with Crippen LogP contribution in [0.4, 0.5) is 5.82 Å². The number of hydrogen-bond acceptors (Lipinski definition) is 5. The summed E-state index contributed by atoms with van der Waals surface area (Å²) in [4.78, 5) is 17.4. The van der Waals surface area contributed by atoms with Gasteiger partial charge in [-0.05, 0) is 30.7 Å². The summed E-state index contributed by atoms with van der Waals surface area (Å²) >= 11 is 0. The average Bonchev–Trinajstić information content (AvgIpc) is 2.53. The van der Waals surface area contributed by atoms with Gasteiger partial charge < -0.3 is 10.6 Å². The molecule has 1 amide bonds. The second kappa shape index (κ2) is 6.98. The number of sulfonamides is 1. The van der Waals surface area contributed by atoms with Crippen LogP contribution in [0.2, 0.25) is 0 Å². The highest BCUT2D eigenvalue weighted by Gasteiger charge is 2.18. The lowest BCUT2D eigenvalue weighted by atomic mass is 10.1. The van der Waals surface area contributed by atoms with Crippen molar-refractivity contribution >= 4 is 21.7 Å². The van der Waals surface area contributed by atoms with Crippen molar-refractivity contribution in [3.63, 3.8) is 0 Å². The first kappa shape index (κ1) is 17.9. The molecular weight excluding hydrogens is 328 g/mol. The molecule has 2 aromatic rings. The third-order valence-corrected chi connectivity index (χ3v) is 4.93. The van der Waals surface area contributed by atoms with Crippen LogP contribution in [0.15, 0.2) is 41.4 Å². The highest BCUT2D eigenvalue weighted by atomic mass is 32.2. The first-order valence-electron chi connectivity index (χ1n) is 7.23. The first-order valence-corrected chi connectivity index (χ1v) is 8.72. The van der Waals surface area contributed by atoms with Gasteiger partial charge in [-0.3, -0.25) is 4.79 Å². The van der Waals surface area contributed by atoms with Crippen LogP contribution < -0.4 is 15.4 Å². The molecule has 0 saturated heterocycles. The summed E-state index contributed by atoms with van der Waals surface area (Å²) in [6.07, 6.45) is 1.65. The van der Waals surface area contributed by atoms with Gasteiger partial charge in [0.2, 0.25) is 15.9 Å². The van der Waals surface area contributed by atoms with Crippen LogP contribution in [0, 0.1) is 6.92 Å². The summed E-state index contributed by atoms with van der Waals surface area (Å²) in [6, 6.07) is 7.84. The summed E-state index contributed by atoms with van der Waals surface area (Å²) in [5.74, 6) is 0.0219. The minimum Gasteiger partial charge on any atom is -0.366 e. The molecule has 0 spiro atoms. The Morgan fingerprint density at radius 2 is 2.00 bits per heavy atom. The van der Waals surface area contributed by atoms with Gasteiger partial charge in [-0.2, -0.15) is 0 Å². The number of benzene rings is 1. The van der Waals surface area contributed by atoms with Gasteiger partial charge in [-0.25, -0.2) is 18.1 Å². The van der Waals surface area contributed by atoms with Gasteiger partial charge >= 0.3 is 0 Å². The Balaban J connectivity index is 2.27. The number of carbonyl (C=O) groups excluding carboxylic acids is 1. The summed E-state index contributed by atoms with van der Waals surface area (Å²) in [5.41, 5.74) is 6.84.